The molecule has 4 rings (SSSR count). The summed E-state index contributed by atoms with van der Waals surface area (Å²) in [6.45, 7) is 6.56. The van der Waals surface area contributed by atoms with Gasteiger partial charge < -0.3 is 15.0 Å². The Bertz CT molecular complexity index is 1170. The number of likely N-dealkylation sites (N-methyl/N-ethyl adjacent to an activating group) is 1. The summed E-state index contributed by atoms with van der Waals surface area (Å²) in [7, 11) is 3.71. The zero-order chi connectivity index (χ0) is 26.2. The average Bonchev–Trinajstić information content (AvgIpc) is 3.09. The quantitative estimate of drug-likeness (QED) is 0.582. The summed E-state index contributed by atoms with van der Waals surface area (Å²) in [5, 5.41) is 0. The SMILES string of the molecule is Cc1cn(-c2ccc(C(N)=O)c(CC3CCC(OC(=O)CN(C)C)CC3)c2)c2c1C(=O)CC(C)(C)C2. The van der Waals surface area contributed by atoms with Crippen LogP contribution in [0.2, 0.25) is 0 Å². The van der Waals surface area contributed by atoms with Gasteiger partial charge in [-0.25, -0.2) is 0 Å². The molecule has 1 aromatic carbocycles. The maximum absolute atomic E-state index is 12.9. The van der Waals surface area contributed by atoms with Crippen molar-refractivity contribution in [3.05, 3.63) is 52.3 Å². The molecule has 1 saturated carbocycles. The largest absolute Gasteiger partial charge is 0.461 e. The van der Waals surface area contributed by atoms with Crippen molar-refractivity contribution in [1.82, 2.24) is 9.47 Å². The highest BCUT2D eigenvalue weighted by atomic mass is 16.5. The van der Waals surface area contributed by atoms with Gasteiger partial charge in [0.2, 0.25) is 5.91 Å². The number of benzene rings is 1. The Balaban J connectivity index is 1.54. The first-order valence-electron chi connectivity index (χ1n) is 12.9. The Morgan fingerprint density at radius 2 is 1.83 bits per heavy atom. The zero-order valence-electron chi connectivity index (χ0n) is 22.2. The molecule has 0 aliphatic heterocycles. The van der Waals surface area contributed by atoms with Crippen LogP contribution in [0, 0.1) is 18.3 Å². The Hall–Kier alpha value is -2.93. The molecule has 0 radical (unpaired) electrons. The van der Waals surface area contributed by atoms with Gasteiger partial charge in [-0.3, -0.25) is 19.3 Å². The number of aromatic nitrogens is 1. The second kappa shape index (κ2) is 10.2. The van der Waals surface area contributed by atoms with E-state index in [4.69, 9.17) is 10.5 Å². The summed E-state index contributed by atoms with van der Waals surface area (Å²) >= 11 is 0. The number of aryl methyl sites for hydroxylation is 1. The molecule has 0 unspecified atom stereocenters. The fraction of sp³-hybridized carbons (Fsp3) is 0.552. The number of amides is 1. The van der Waals surface area contributed by atoms with Crippen LogP contribution in [0.1, 0.15) is 83.5 Å². The highest BCUT2D eigenvalue weighted by Gasteiger charge is 2.35. The molecule has 7 nitrogen and oxygen atoms in total. The standard InChI is InChI=1S/C29H39N3O4/c1-18-16-32(24-14-29(2,3)15-25(33)27(18)24)21-8-11-23(28(30)35)20(13-21)12-19-6-9-22(10-7-19)36-26(34)17-31(4)5/h8,11,13,16,19,22H,6-7,9-10,12,14-15,17H2,1-5H3,(H2,30,35). The lowest BCUT2D eigenvalue weighted by atomic mass is 9.75. The van der Waals surface area contributed by atoms with Crippen molar-refractivity contribution >= 4 is 17.7 Å². The third-order valence-corrected chi connectivity index (χ3v) is 7.54. The molecule has 7 heteroatoms. The number of carbonyl (C=O) groups is 3. The van der Waals surface area contributed by atoms with Gasteiger partial charge in [0.1, 0.15) is 6.10 Å². The summed E-state index contributed by atoms with van der Waals surface area (Å²) in [6, 6.07) is 5.81. The number of hydrogen-bond acceptors (Lipinski definition) is 5. The number of fused-ring (bicyclic) bond motifs is 1. The number of Topliss-reactive ketones (excluding diaryl/α,β-unsaturated/α-hetero) is 1. The molecule has 0 spiro atoms. The van der Waals surface area contributed by atoms with Crippen molar-refractivity contribution in [3.8, 4) is 5.69 Å². The van der Waals surface area contributed by atoms with Crippen molar-refractivity contribution in [2.45, 2.75) is 71.8 Å². The molecule has 1 heterocycles. The van der Waals surface area contributed by atoms with E-state index in [9.17, 15) is 14.4 Å². The molecular formula is C29H39N3O4. The van der Waals surface area contributed by atoms with E-state index < -0.39 is 5.91 Å². The fourth-order valence-corrected chi connectivity index (χ4v) is 5.89. The molecule has 2 N–H and O–H groups in total. The van der Waals surface area contributed by atoms with Gasteiger partial charge in [0.15, 0.2) is 5.78 Å². The van der Waals surface area contributed by atoms with Gasteiger partial charge in [0.25, 0.3) is 0 Å². The summed E-state index contributed by atoms with van der Waals surface area (Å²) in [4.78, 5) is 38.9. The second-order valence-corrected chi connectivity index (χ2v) is 11.7. The van der Waals surface area contributed by atoms with Crippen LogP contribution < -0.4 is 5.73 Å². The van der Waals surface area contributed by atoms with Gasteiger partial charge in [0.05, 0.1) is 6.54 Å². The highest BCUT2D eigenvalue weighted by Crippen LogP contribution is 2.38. The number of esters is 1. The Morgan fingerprint density at radius 3 is 2.47 bits per heavy atom. The van der Waals surface area contributed by atoms with Crippen LogP contribution in [0.5, 0.6) is 0 Å². The minimum absolute atomic E-state index is 0.0362. The minimum Gasteiger partial charge on any atom is -0.461 e. The normalized spacial score (nSPS) is 21.3. The second-order valence-electron chi connectivity index (χ2n) is 11.7. The molecule has 1 fully saturated rings. The van der Waals surface area contributed by atoms with Gasteiger partial charge in [-0.15, -0.1) is 0 Å². The van der Waals surface area contributed by atoms with Crippen LogP contribution in [0.4, 0.5) is 0 Å². The van der Waals surface area contributed by atoms with E-state index in [1.165, 1.54) is 0 Å². The Morgan fingerprint density at radius 1 is 1.14 bits per heavy atom. The Kier molecular flexibility index (Phi) is 7.41. The number of ether oxygens (including phenoxy) is 1. The summed E-state index contributed by atoms with van der Waals surface area (Å²) in [5.74, 6) is -0.0125. The van der Waals surface area contributed by atoms with Crippen molar-refractivity contribution in [2.75, 3.05) is 20.6 Å². The van der Waals surface area contributed by atoms with Gasteiger partial charge in [-0.1, -0.05) is 13.8 Å². The van der Waals surface area contributed by atoms with Gasteiger partial charge >= 0.3 is 5.97 Å². The van der Waals surface area contributed by atoms with Crippen LogP contribution in [0.3, 0.4) is 0 Å². The van der Waals surface area contributed by atoms with Crippen molar-refractivity contribution < 1.29 is 19.1 Å². The molecule has 1 amide bonds. The molecular weight excluding hydrogens is 454 g/mol. The number of nitrogens with zero attached hydrogens (tertiary/aromatic N) is 2. The summed E-state index contributed by atoms with van der Waals surface area (Å²) < 4.78 is 7.76. The molecule has 0 saturated heterocycles. The average molecular weight is 494 g/mol. The van der Waals surface area contributed by atoms with E-state index in [-0.39, 0.29) is 23.3 Å². The summed E-state index contributed by atoms with van der Waals surface area (Å²) in [6.07, 6.45) is 7.67. The van der Waals surface area contributed by atoms with Gasteiger partial charge in [0, 0.05) is 35.1 Å². The van der Waals surface area contributed by atoms with Crippen molar-refractivity contribution in [3.63, 3.8) is 0 Å². The van der Waals surface area contributed by atoms with Crippen LogP contribution in [-0.2, 0) is 22.4 Å². The zero-order valence-corrected chi connectivity index (χ0v) is 22.2. The van der Waals surface area contributed by atoms with E-state index in [0.29, 0.717) is 24.4 Å². The number of ketones is 1. The molecule has 2 aliphatic carbocycles. The topological polar surface area (TPSA) is 94.6 Å². The molecule has 0 atom stereocenters. The smallest absolute Gasteiger partial charge is 0.320 e. The van der Waals surface area contributed by atoms with Gasteiger partial charge in [-0.2, -0.15) is 0 Å². The van der Waals surface area contributed by atoms with E-state index in [0.717, 1.165) is 66.6 Å². The lowest BCUT2D eigenvalue weighted by molar-refractivity contribution is -0.151. The number of hydrogen-bond donors (Lipinski definition) is 1. The van der Waals surface area contributed by atoms with Gasteiger partial charge in [-0.05, 0) is 100 Å². The van der Waals surface area contributed by atoms with E-state index >= 15 is 0 Å². The van der Waals surface area contributed by atoms with E-state index in [2.05, 4.69) is 24.5 Å². The first-order valence-corrected chi connectivity index (χ1v) is 12.9. The first-order chi connectivity index (χ1) is 16.9. The van der Waals surface area contributed by atoms with Crippen LogP contribution in [0.25, 0.3) is 5.69 Å². The van der Waals surface area contributed by atoms with Crippen LogP contribution >= 0.6 is 0 Å². The number of carbonyl (C=O) groups excluding carboxylic acids is 3. The molecule has 1 aromatic heterocycles. The Labute approximate surface area is 214 Å². The number of primary amides is 1. The molecule has 2 aromatic rings. The maximum atomic E-state index is 12.9. The minimum atomic E-state index is -0.426. The molecule has 194 valence electrons. The predicted molar refractivity (Wildman–Crippen MR) is 140 cm³/mol. The predicted octanol–water partition coefficient (Wildman–Crippen LogP) is 4.25. The lowest BCUT2D eigenvalue weighted by Crippen LogP contribution is -2.30. The molecule has 2 aliphatic rings. The van der Waals surface area contributed by atoms with Crippen molar-refractivity contribution in [1.29, 1.82) is 0 Å². The first kappa shape index (κ1) is 26.1. The third-order valence-electron chi connectivity index (χ3n) is 7.54. The third kappa shape index (κ3) is 5.72. The lowest BCUT2D eigenvalue weighted by Gasteiger charge is -2.30. The fourth-order valence-electron chi connectivity index (χ4n) is 5.89. The monoisotopic (exact) mass is 493 g/mol. The van der Waals surface area contributed by atoms with Crippen LogP contribution in [-0.4, -0.2) is 53.9 Å². The number of rotatable bonds is 7. The van der Waals surface area contributed by atoms with E-state index in [1.54, 1.807) is 0 Å². The van der Waals surface area contributed by atoms with Crippen LogP contribution in [0.15, 0.2) is 24.4 Å². The maximum Gasteiger partial charge on any atom is 0.320 e. The highest BCUT2D eigenvalue weighted by molar-refractivity contribution is 6.00. The molecule has 36 heavy (non-hydrogen) atoms. The molecule has 0 bridgehead atoms. The van der Waals surface area contributed by atoms with E-state index in [1.807, 2.05) is 44.2 Å². The van der Waals surface area contributed by atoms with Crippen molar-refractivity contribution in [2.24, 2.45) is 17.1 Å². The summed E-state index contributed by atoms with van der Waals surface area (Å²) in [5.41, 5.74) is 11.0. The number of nitrogens with two attached hydrogens (primary N) is 1.